The Bertz CT molecular complexity index is 1840. The smallest absolute Gasteiger partial charge is 0.462 e. The molecule has 0 aromatic heterocycles. The van der Waals surface area contributed by atoms with E-state index in [-0.39, 0.29) is 32.0 Å². The van der Waals surface area contributed by atoms with Crippen LogP contribution in [0.5, 0.6) is 0 Å². The number of ether oxygens (including phenoxy) is 2. The molecular formula is C80H145NO8P+. The summed E-state index contributed by atoms with van der Waals surface area (Å²) in [6.07, 6.45) is 98.4. The number of esters is 2. The predicted molar refractivity (Wildman–Crippen MR) is 390 cm³/mol. The Hall–Kier alpha value is -3.07. The molecule has 90 heavy (non-hydrogen) atoms. The molecule has 0 aromatic rings. The predicted octanol–water partition coefficient (Wildman–Crippen LogP) is 25.1. The van der Waals surface area contributed by atoms with Crippen LogP contribution in [0.4, 0.5) is 0 Å². The van der Waals surface area contributed by atoms with Crippen LogP contribution in [-0.4, -0.2) is 74.9 Å². The van der Waals surface area contributed by atoms with Gasteiger partial charge in [0.2, 0.25) is 0 Å². The molecule has 0 saturated heterocycles. The van der Waals surface area contributed by atoms with Crippen LogP contribution in [0.3, 0.4) is 0 Å². The molecule has 9 nitrogen and oxygen atoms in total. The van der Waals surface area contributed by atoms with Crippen LogP contribution in [0.25, 0.3) is 0 Å². The largest absolute Gasteiger partial charge is 0.472 e. The number of nitrogens with zero attached hydrogens (tertiary/aromatic N) is 1. The number of hydrogen-bond acceptors (Lipinski definition) is 7. The van der Waals surface area contributed by atoms with Gasteiger partial charge in [0.05, 0.1) is 27.7 Å². The van der Waals surface area contributed by atoms with Gasteiger partial charge in [-0.3, -0.25) is 18.6 Å². The third-order valence-corrected chi connectivity index (χ3v) is 17.6. The minimum atomic E-state index is -4.40. The molecule has 0 amide bonds. The first-order valence-electron chi connectivity index (χ1n) is 38.0. The maximum Gasteiger partial charge on any atom is 0.472 e. The average molecular weight is 1280 g/mol. The Morgan fingerprint density at radius 3 is 0.956 bits per heavy atom. The Morgan fingerprint density at radius 1 is 0.356 bits per heavy atom. The van der Waals surface area contributed by atoms with Gasteiger partial charge in [0.1, 0.15) is 19.8 Å². The van der Waals surface area contributed by atoms with Gasteiger partial charge in [-0.1, -0.05) is 336 Å². The summed E-state index contributed by atoms with van der Waals surface area (Å²) in [6.45, 7) is 4.33. The minimum Gasteiger partial charge on any atom is -0.462 e. The molecule has 0 rings (SSSR count). The van der Waals surface area contributed by atoms with E-state index < -0.39 is 26.5 Å². The van der Waals surface area contributed by atoms with Crippen molar-refractivity contribution in [3.63, 3.8) is 0 Å². The van der Waals surface area contributed by atoms with E-state index in [1.54, 1.807) is 0 Å². The quantitative estimate of drug-likeness (QED) is 0.0211. The number of carbonyl (C=O) groups is 2. The molecule has 0 aliphatic heterocycles. The maximum atomic E-state index is 12.9. The van der Waals surface area contributed by atoms with Crippen molar-refractivity contribution in [2.75, 3.05) is 47.5 Å². The van der Waals surface area contributed by atoms with E-state index in [0.29, 0.717) is 17.4 Å². The summed E-state index contributed by atoms with van der Waals surface area (Å²) in [7, 11) is 1.46. The summed E-state index contributed by atoms with van der Waals surface area (Å²) in [5.41, 5.74) is 0. The van der Waals surface area contributed by atoms with Crippen molar-refractivity contribution in [2.45, 2.75) is 354 Å². The fourth-order valence-corrected chi connectivity index (χ4v) is 11.6. The third kappa shape index (κ3) is 74.0. The van der Waals surface area contributed by atoms with Gasteiger partial charge in [0.15, 0.2) is 6.10 Å². The van der Waals surface area contributed by atoms with Crippen LogP contribution in [0, 0.1) is 0 Å². The highest BCUT2D eigenvalue weighted by molar-refractivity contribution is 7.47. The van der Waals surface area contributed by atoms with E-state index in [0.717, 1.165) is 96.3 Å². The number of phosphoric acid groups is 1. The first kappa shape index (κ1) is 86.9. The lowest BCUT2D eigenvalue weighted by molar-refractivity contribution is -0.870. The van der Waals surface area contributed by atoms with Gasteiger partial charge in [0, 0.05) is 12.8 Å². The second kappa shape index (κ2) is 70.3. The summed E-state index contributed by atoms with van der Waals surface area (Å²) in [4.78, 5) is 35.9. The highest BCUT2D eigenvalue weighted by atomic mass is 31.2. The van der Waals surface area contributed by atoms with Crippen molar-refractivity contribution in [1.29, 1.82) is 0 Å². The molecule has 0 heterocycles. The minimum absolute atomic E-state index is 0.0243. The van der Waals surface area contributed by atoms with E-state index in [1.165, 1.54) is 218 Å². The molecular weight excluding hydrogens is 1130 g/mol. The molecule has 0 saturated carbocycles. The molecule has 0 fully saturated rings. The number of unbranched alkanes of at least 4 members (excludes halogenated alkanes) is 40. The van der Waals surface area contributed by atoms with E-state index >= 15 is 0 Å². The Labute approximate surface area is 557 Å². The Morgan fingerprint density at radius 2 is 0.633 bits per heavy atom. The second-order valence-corrected chi connectivity index (χ2v) is 28.1. The summed E-state index contributed by atoms with van der Waals surface area (Å²) in [5, 5.41) is 0. The molecule has 10 heteroatoms. The molecule has 1 N–H and O–H groups in total. The molecule has 0 spiro atoms. The number of likely N-dealkylation sites (N-methyl/N-ethyl adjacent to an activating group) is 1. The van der Waals surface area contributed by atoms with E-state index in [2.05, 4.69) is 111 Å². The Kier molecular flexibility index (Phi) is 67.9. The van der Waals surface area contributed by atoms with Gasteiger partial charge in [-0.15, -0.1) is 0 Å². The van der Waals surface area contributed by atoms with Crippen molar-refractivity contribution < 1.29 is 42.1 Å². The molecule has 0 aliphatic carbocycles. The monoisotopic (exact) mass is 1280 g/mol. The first-order valence-corrected chi connectivity index (χ1v) is 39.5. The molecule has 0 radical (unpaired) electrons. The topological polar surface area (TPSA) is 108 Å². The summed E-state index contributed by atoms with van der Waals surface area (Å²) < 4.78 is 34.7. The number of hydrogen-bond donors (Lipinski definition) is 1. The number of phosphoric ester groups is 1. The summed E-state index contributed by atoms with van der Waals surface area (Å²) in [5.74, 6) is -0.812. The van der Waals surface area contributed by atoms with Crippen LogP contribution in [-0.2, 0) is 32.7 Å². The van der Waals surface area contributed by atoms with Gasteiger partial charge in [-0.05, 0) is 96.3 Å². The molecule has 2 atom stereocenters. The second-order valence-electron chi connectivity index (χ2n) is 26.7. The first-order chi connectivity index (χ1) is 44.0. The maximum absolute atomic E-state index is 12.9. The van der Waals surface area contributed by atoms with Gasteiger partial charge in [-0.2, -0.15) is 0 Å². The molecule has 0 aliphatic rings. The average Bonchev–Trinajstić information content (AvgIpc) is 3.61. The van der Waals surface area contributed by atoms with E-state index in [9.17, 15) is 19.0 Å². The Balaban J connectivity index is 3.98. The van der Waals surface area contributed by atoms with Crippen LogP contribution in [0.1, 0.15) is 348 Å². The van der Waals surface area contributed by atoms with Crippen LogP contribution in [0.15, 0.2) is 97.2 Å². The summed E-state index contributed by atoms with van der Waals surface area (Å²) in [6, 6.07) is 0. The molecule has 2 unspecified atom stereocenters. The van der Waals surface area contributed by atoms with Crippen molar-refractivity contribution in [3.05, 3.63) is 97.2 Å². The highest BCUT2D eigenvalue weighted by Crippen LogP contribution is 2.43. The number of allylic oxidation sites excluding steroid dienone is 16. The van der Waals surface area contributed by atoms with Crippen LogP contribution >= 0.6 is 7.82 Å². The van der Waals surface area contributed by atoms with Crippen molar-refractivity contribution >= 4 is 19.8 Å². The summed E-state index contributed by atoms with van der Waals surface area (Å²) >= 11 is 0. The van der Waals surface area contributed by atoms with Gasteiger partial charge < -0.3 is 18.9 Å². The lowest BCUT2D eigenvalue weighted by Gasteiger charge is -2.24. The fourth-order valence-electron chi connectivity index (χ4n) is 10.8. The van der Waals surface area contributed by atoms with Gasteiger partial charge in [0.25, 0.3) is 0 Å². The zero-order chi connectivity index (χ0) is 65.5. The van der Waals surface area contributed by atoms with Gasteiger partial charge in [-0.25, -0.2) is 4.57 Å². The van der Waals surface area contributed by atoms with E-state index in [1.807, 2.05) is 21.1 Å². The zero-order valence-corrected chi connectivity index (χ0v) is 60.5. The van der Waals surface area contributed by atoms with Crippen molar-refractivity contribution in [3.8, 4) is 0 Å². The highest BCUT2D eigenvalue weighted by Gasteiger charge is 2.27. The number of carbonyl (C=O) groups excluding carboxylic acids is 2. The third-order valence-electron chi connectivity index (χ3n) is 16.6. The normalized spacial score (nSPS) is 13.6. The van der Waals surface area contributed by atoms with Gasteiger partial charge >= 0.3 is 19.8 Å². The SMILES string of the molecule is CC/C=C\C/C=C\C/C=C\C/C=C\C/C=C\C/C=C\C/C=C\CCCCCCCC(=O)OC(COC(=O)CCCCCCCCCCCCCCCCCCCCCCCCCCCCC/C=C\CCCCCCCCCC)COP(=O)(O)OCC[N+](C)(C)C. The standard InChI is InChI=1S/C80H144NO8P/c1-6-8-10-12-14-16-18-20-22-24-26-28-30-32-34-35-36-37-38-39-40-41-42-43-44-45-47-48-50-52-54-56-58-60-62-64-66-68-70-72-79(82)86-76-78(77-88-90(84,85)87-75-74-81(3,4)5)89-80(83)73-71-69-67-65-63-61-59-57-55-53-51-49-46-33-31-29-27-25-23-21-19-17-15-13-11-9-7-2/h9,11,15,17,21,23-24,26-27,29,33,46,51,53,57,59,78H,6-8,10,12-14,16,18-20,22,25,28,30-32,34-45,47-50,52,54-56,58,60-77H2,1-5H3/p+1/b11-9-,17-15-,23-21-,26-24-,29-27-,46-33-,53-51-,59-57-. The molecule has 0 bridgehead atoms. The molecule has 0 aromatic carbocycles. The van der Waals surface area contributed by atoms with Crippen LogP contribution in [0.2, 0.25) is 0 Å². The number of quaternary nitrogens is 1. The molecule has 522 valence electrons. The number of rotatable bonds is 70. The van der Waals surface area contributed by atoms with E-state index in [4.69, 9.17) is 18.5 Å². The zero-order valence-electron chi connectivity index (χ0n) is 59.6. The lowest BCUT2D eigenvalue weighted by Crippen LogP contribution is -2.37. The van der Waals surface area contributed by atoms with Crippen LogP contribution < -0.4 is 0 Å². The lowest BCUT2D eigenvalue weighted by atomic mass is 10.0. The van der Waals surface area contributed by atoms with Crippen molar-refractivity contribution in [1.82, 2.24) is 0 Å². The fraction of sp³-hybridized carbons (Fsp3) is 0.775. The van der Waals surface area contributed by atoms with Crippen molar-refractivity contribution in [2.24, 2.45) is 0 Å².